The lowest BCUT2D eigenvalue weighted by Gasteiger charge is -2.25. The van der Waals surface area contributed by atoms with E-state index in [1.54, 1.807) is 12.1 Å². The summed E-state index contributed by atoms with van der Waals surface area (Å²) in [6.45, 7) is 7.78. The highest BCUT2D eigenvalue weighted by atomic mass is 16.6. The maximum absolute atomic E-state index is 10.8. The number of nitrogens with one attached hydrogen (secondary N) is 1. The molecule has 0 heterocycles. The molecule has 6 nitrogen and oxygen atoms in total. The maximum Gasteiger partial charge on any atom is 0.273 e. The fourth-order valence-electron chi connectivity index (χ4n) is 1.92. The second kappa shape index (κ2) is 7.21. The molecule has 1 aromatic rings. The normalized spacial score (nSPS) is 11.4. The second-order valence-corrected chi connectivity index (χ2v) is 5.09. The molecular formula is C14H22N2O4. The zero-order valence-electron chi connectivity index (χ0n) is 12.4. The number of nitro groups is 1. The van der Waals surface area contributed by atoms with Gasteiger partial charge in [0.2, 0.25) is 0 Å². The van der Waals surface area contributed by atoms with Gasteiger partial charge in [0.25, 0.3) is 5.69 Å². The Morgan fingerprint density at radius 3 is 2.60 bits per heavy atom. The molecule has 20 heavy (non-hydrogen) atoms. The van der Waals surface area contributed by atoms with Crippen molar-refractivity contribution in [1.82, 2.24) is 5.32 Å². The summed E-state index contributed by atoms with van der Waals surface area (Å²) in [5.74, 6) is 0.486. The zero-order valence-corrected chi connectivity index (χ0v) is 12.4. The molecule has 0 saturated heterocycles. The molecule has 0 unspecified atom stereocenters. The number of methoxy groups -OCH3 is 1. The highest BCUT2D eigenvalue weighted by Crippen LogP contribution is 2.22. The van der Waals surface area contributed by atoms with Crippen molar-refractivity contribution < 1.29 is 14.4 Å². The number of hydrogen-bond donors (Lipinski definition) is 1. The largest absolute Gasteiger partial charge is 0.496 e. The number of rotatable bonds is 8. The van der Waals surface area contributed by atoms with Crippen LogP contribution in [0.15, 0.2) is 18.2 Å². The first-order valence-electron chi connectivity index (χ1n) is 6.55. The molecule has 0 aliphatic carbocycles. The first kappa shape index (κ1) is 16.4. The summed E-state index contributed by atoms with van der Waals surface area (Å²) in [5, 5.41) is 14.1. The van der Waals surface area contributed by atoms with E-state index in [4.69, 9.17) is 9.47 Å². The summed E-state index contributed by atoms with van der Waals surface area (Å²) in [5.41, 5.74) is 0.577. The van der Waals surface area contributed by atoms with E-state index in [1.807, 2.05) is 20.8 Å². The Morgan fingerprint density at radius 1 is 1.35 bits per heavy atom. The van der Waals surface area contributed by atoms with E-state index in [-0.39, 0.29) is 11.3 Å². The van der Waals surface area contributed by atoms with Gasteiger partial charge in [-0.1, -0.05) is 0 Å². The number of hydrogen-bond acceptors (Lipinski definition) is 5. The highest BCUT2D eigenvalue weighted by molar-refractivity contribution is 5.42. The van der Waals surface area contributed by atoms with E-state index >= 15 is 0 Å². The number of nitrogens with zero attached hydrogens (tertiary/aromatic N) is 1. The maximum atomic E-state index is 10.8. The molecule has 0 bridgehead atoms. The highest BCUT2D eigenvalue weighted by Gasteiger charge is 2.17. The smallest absolute Gasteiger partial charge is 0.273 e. The number of non-ortho nitro benzene ring substituents is 1. The molecule has 0 aliphatic rings. The van der Waals surface area contributed by atoms with Crippen LogP contribution in [-0.2, 0) is 11.3 Å². The van der Waals surface area contributed by atoms with Crippen LogP contribution in [0.2, 0.25) is 0 Å². The van der Waals surface area contributed by atoms with Crippen molar-refractivity contribution in [3.05, 3.63) is 33.9 Å². The quantitative estimate of drug-likeness (QED) is 0.586. The van der Waals surface area contributed by atoms with Gasteiger partial charge in [-0.15, -0.1) is 0 Å². The molecule has 0 aromatic heterocycles. The van der Waals surface area contributed by atoms with Gasteiger partial charge >= 0.3 is 0 Å². The lowest BCUT2D eigenvalue weighted by molar-refractivity contribution is -0.385. The third kappa shape index (κ3) is 5.14. The van der Waals surface area contributed by atoms with Crippen LogP contribution in [0.5, 0.6) is 5.75 Å². The van der Waals surface area contributed by atoms with Gasteiger partial charge in [-0.25, -0.2) is 0 Å². The van der Waals surface area contributed by atoms with Crippen molar-refractivity contribution in [2.45, 2.75) is 32.9 Å². The van der Waals surface area contributed by atoms with Gasteiger partial charge in [-0.2, -0.15) is 0 Å². The summed E-state index contributed by atoms with van der Waals surface area (Å²) < 4.78 is 10.7. The third-order valence-corrected chi connectivity index (χ3v) is 2.81. The van der Waals surface area contributed by atoms with Crippen LogP contribution in [0, 0.1) is 10.1 Å². The molecule has 6 heteroatoms. The van der Waals surface area contributed by atoms with Gasteiger partial charge in [-0.05, 0) is 32.4 Å². The first-order chi connectivity index (χ1) is 9.38. The van der Waals surface area contributed by atoms with E-state index in [0.717, 1.165) is 5.56 Å². The molecule has 0 radical (unpaired) electrons. The van der Waals surface area contributed by atoms with Crippen LogP contribution in [0.1, 0.15) is 26.3 Å². The molecule has 1 aromatic carbocycles. The van der Waals surface area contributed by atoms with Crippen molar-refractivity contribution in [3.8, 4) is 5.75 Å². The summed E-state index contributed by atoms with van der Waals surface area (Å²) in [6, 6.07) is 4.74. The Hall–Kier alpha value is -1.66. The minimum absolute atomic E-state index is 0.0326. The van der Waals surface area contributed by atoms with Crippen molar-refractivity contribution in [3.63, 3.8) is 0 Å². The average molecular weight is 282 g/mol. The molecule has 0 spiro atoms. The number of ether oxygens (including phenoxy) is 2. The van der Waals surface area contributed by atoms with Gasteiger partial charge in [0.1, 0.15) is 5.75 Å². The van der Waals surface area contributed by atoms with Gasteiger partial charge in [0.15, 0.2) is 0 Å². The standard InChI is InChI=1S/C14H22N2O4/c1-5-20-14(2,3)10-15-9-11-6-12(16(17)18)8-13(7-11)19-4/h6-8,15H,5,9-10H2,1-4H3. The van der Waals surface area contributed by atoms with Crippen LogP contribution in [-0.4, -0.2) is 30.8 Å². The van der Waals surface area contributed by atoms with Crippen LogP contribution in [0.3, 0.4) is 0 Å². The molecule has 1 N–H and O–H groups in total. The van der Waals surface area contributed by atoms with E-state index < -0.39 is 4.92 Å². The molecule has 0 amide bonds. The minimum Gasteiger partial charge on any atom is -0.496 e. The number of benzene rings is 1. The van der Waals surface area contributed by atoms with Gasteiger partial charge in [0.05, 0.1) is 23.7 Å². The Kier molecular flexibility index (Phi) is 5.91. The van der Waals surface area contributed by atoms with E-state index in [9.17, 15) is 10.1 Å². The van der Waals surface area contributed by atoms with Crippen LogP contribution >= 0.6 is 0 Å². The van der Waals surface area contributed by atoms with E-state index in [0.29, 0.717) is 25.4 Å². The molecule has 1 rings (SSSR count). The lowest BCUT2D eigenvalue weighted by atomic mass is 10.1. The van der Waals surface area contributed by atoms with Crippen LogP contribution in [0.25, 0.3) is 0 Å². The Bertz CT molecular complexity index is 460. The molecule has 0 fully saturated rings. The van der Waals surface area contributed by atoms with Crippen molar-refractivity contribution in [2.75, 3.05) is 20.3 Å². The fraction of sp³-hybridized carbons (Fsp3) is 0.571. The van der Waals surface area contributed by atoms with Crippen LogP contribution in [0.4, 0.5) is 5.69 Å². The zero-order chi connectivity index (χ0) is 15.2. The Balaban J connectivity index is 2.68. The number of nitro benzene ring substituents is 1. The predicted molar refractivity (Wildman–Crippen MR) is 77.1 cm³/mol. The van der Waals surface area contributed by atoms with E-state index in [1.165, 1.54) is 13.2 Å². The lowest BCUT2D eigenvalue weighted by Crippen LogP contribution is -2.37. The Morgan fingerprint density at radius 2 is 2.05 bits per heavy atom. The Labute approximate surface area is 119 Å². The molecular weight excluding hydrogens is 260 g/mol. The molecule has 0 aliphatic heterocycles. The molecule has 0 saturated carbocycles. The molecule has 0 atom stereocenters. The van der Waals surface area contributed by atoms with Crippen LogP contribution < -0.4 is 10.1 Å². The van der Waals surface area contributed by atoms with Gasteiger partial charge in [0, 0.05) is 25.8 Å². The first-order valence-corrected chi connectivity index (χ1v) is 6.55. The predicted octanol–water partition coefficient (Wildman–Crippen LogP) is 2.51. The molecule has 112 valence electrons. The summed E-state index contributed by atoms with van der Waals surface area (Å²) in [7, 11) is 1.49. The van der Waals surface area contributed by atoms with E-state index in [2.05, 4.69) is 5.32 Å². The third-order valence-electron chi connectivity index (χ3n) is 2.81. The topological polar surface area (TPSA) is 73.6 Å². The van der Waals surface area contributed by atoms with Crippen molar-refractivity contribution >= 4 is 5.69 Å². The SMILES string of the molecule is CCOC(C)(C)CNCc1cc(OC)cc([N+](=O)[O-])c1. The minimum atomic E-state index is -0.420. The fourth-order valence-corrected chi connectivity index (χ4v) is 1.92. The second-order valence-electron chi connectivity index (χ2n) is 5.09. The van der Waals surface area contributed by atoms with Gasteiger partial charge in [-0.3, -0.25) is 10.1 Å². The summed E-state index contributed by atoms with van der Waals surface area (Å²) >= 11 is 0. The average Bonchev–Trinajstić information content (AvgIpc) is 2.37. The van der Waals surface area contributed by atoms with Gasteiger partial charge < -0.3 is 14.8 Å². The monoisotopic (exact) mass is 282 g/mol. The van der Waals surface area contributed by atoms with Crippen molar-refractivity contribution in [1.29, 1.82) is 0 Å². The van der Waals surface area contributed by atoms with Crippen molar-refractivity contribution in [2.24, 2.45) is 0 Å². The summed E-state index contributed by atoms with van der Waals surface area (Å²) in [4.78, 5) is 10.4. The summed E-state index contributed by atoms with van der Waals surface area (Å²) in [6.07, 6.45) is 0.